The molecule has 1 saturated heterocycles. The molecule has 1 fully saturated rings. The van der Waals surface area contributed by atoms with E-state index in [1.807, 2.05) is 36.4 Å². The third-order valence-corrected chi connectivity index (χ3v) is 4.44. The second kappa shape index (κ2) is 9.94. The van der Waals surface area contributed by atoms with Gasteiger partial charge in [-0.1, -0.05) is 24.3 Å². The number of methoxy groups -OCH3 is 1. The van der Waals surface area contributed by atoms with Crippen LogP contribution in [0.5, 0.6) is 5.75 Å². The Morgan fingerprint density at radius 2 is 1.89 bits per heavy atom. The predicted molar refractivity (Wildman–Crippen MR) is 107 cm³/mol. The highest BCUT2D eigenvalue weighted by Gasteiger charge is 2.13. The van der Waals surface area contributed by atoms with Gasteiger partial charge in [-0.25, -0.2) is 4.99 Å². The minimum absolute atomic E-state index is 0.296. The Labute approximate surface area is 160 Å². The minimum Gasteiger partial charge on any atom is -0.497 e. The lowest BCUT2D eigenvalue weighted by atomic mass is 10.1. The van der Waals surface area contributed by atoms with E-state index in [-0.39, 0.29) is 0 Å². The number of guanidine groups is 1. The van der Waals surface area contributed by atoms with E-state index in [1.165, 1.54) is 0 Å². The Bertz CT molecular complexity index is 741. The molecule has 0 saturated carbocycles. The van der Waals surface area contributed by atoms with Gasteiger partial charge < -0.3 is 25.3 Å². The van der Waals surface area contributed by atoms with Gasteiger partial charge in [0.25, 0.3) is 0 Å². The maximum atomic E-state index is 5.99. The van der Waals surface area contributed by atoms with Crippen LogP contribution in [0.15, 0.2) is 53.5 Å². The van der Waals surface area contributed by atoms with Gasteiger partial charge in [-0.3, -0.25) is 0 Å². The molecule has 0 aromatic heterocycles. The Kier molecular flexibility index (Phi) is 7.07. The molecule has 1 aliphatic rings. The molecule has 144 valence electrons. The van der Waals surface area contributed by atoms with Crippen LogP contribution in [0, 0.1) is 0 Å². The smallest absolute Gasteiger partial charge is 0.193 e. The fourth-order valence-corrected chi connectivity index (χ4v) is 2.91. The van der Waals surface area contributed by atoms with Crippen molar-refractivity contribution in [1.29, 1.82) is 0 Å². The number of hydrogen-bond acceptors (Lipinski definition) is 4. The maximum absolute atomic E-state index is 5.99. The van der Waals surface area contributed by atoms with Crippen molar-refractivity contribution in [2.75, 3.05) is 25.6 Å². The molecule has 0 aliphatic carbocycles. The number of aliphatic imine (C=N–C) groups is 1. The van der Waals surface area contributed by atoms with Crippen LogP contribution in [0.4, 0.5) is 5.69 Å². The topological polar surface area (TPSA) is 78.1 Å². The average molecular weight is 369 g/mol. The van der Waals surface area contributed by atoms with Crippen LogP contribution >= 0.6 is 0 Å². The molecule has 27 heavy (non-hydrogen) atoms. The third kappa shape index (κ3) is 6.27. The van der Waals surface area contributed by atoms with E-state index >= 15 is 0 Å². The highest BCUT2D eigenvalue weighted by Crippen LogP contribution is 2.16. The number of hydrogen-bond donors (Lipinski definition) is 2. The van der Waals surface area contributed by atoms with E-state index in [1.54, 1.807) is 7.11 Å². The van der Waals surface area contributed by atoms with Crippen LogP contribution in [0.3, 0.4) is 0 Å². The SMILES string of the molecule is COc1ccc(NC(N)=NCc2cccc(COC3CCOCC3)c2)cc1. The molecule has 6 nitrogen and oxygen atoms in total. The van der Waals surface area contributed by atoms with Gasteiger partial charge in [0.15, 0.2) is 5.96 Å². The van der Waals surface area contributed by atoms with Crippen LogP contribution in [0.2, 0.25) is 0 Å². The first kappa shape index (κ1) is 19.2. The first-order valence-electron chi connectivity index (χ1n) is 9.21. The van der Waals surface area contributed by atoms with Crippen LogP contribution in [-0.2, 0) is 22.6 Å². The van der Waals surface area contributed by atoms with Crippen LogP contribution in [0.1, 0.15) is 24.0 Å². The standard InChI is InChI=1S/C21H27N3O3/c1-25-19-7-5-18(6-8-19)24-21(22)23-14-16-3-2-4-17(13-16)15-27-20-9-11-26-12-10-20/h2-8,13,20H,9-12,14-15H2,1H3,(H3,22,23,24). The van der Waals surface area contributed by atoms with E-state index in [0.29, 0.717) is 25.2 Å². The Morgan fingerprint density at radius 3 is 2.63 bits per heavy atom. The first-order valence-corrected chi connectivity index (χ1v) is 9.21. The van der Waals surface area contributed by atoms with Crippen molar-refractivity contribution in [2.24, 2.45) is 10.7 Å². The lowest BCUT2D eigenvalue weighted by Crippen LogP contribution is -2.23. The summed E-state index contributed by atoms with van der Waals surface area (Å²) >= 11 is 0. The van der Waals surface area contributed by atoms with Gasteiger partial charge in [0.2, 0.25) is 0 Å². The van der Waals surface area contributed by atoms with Gasteiger partial charge >= 0.3 is 0 Å². The summed E-state index contributed by atoms with van der Waals surface area (Å²) < 4.78 is 16.5. The first-order chi connectivity index (χ1) is 13.2. The molecule has 1 aliphatic heterocycles. The molecule has 0 bridgehead atoms. The number of ether oxygens (including phenoxy) is 3. The summed E-state index contributed by atoms with van der Waals surface area (Å²) in [5.74, 6) is 1.18. The Balaban J connectivity index is 1.50. The normalized spacial score (nSPS) is 15.5. The van der Waals surface area contributed by atoms with Crippen molar-refractivity contribution in [2.45, 2.75) is 32.1 Å². The fourth-order valence-electron chi connectivity index (χ4n) is 2.91. The van der Waals surface area contributed by atoms with E-state index < -0.39 is 0 Å². The monoisotopic (exact) mass is 369 g/mol. The number of benzene rings is 2. The average Bonchev–Trinajstić information content (AvgIpc) is 2.72. The van der Waals surface area contributed by atoms with Gasteiger partial charge in [-0.15, -0.1) is 0 Å². The van der Waals surface area contributed by atoms with Gasteiger partial charge in [-0.2, -0.15) is 0 Å². The second-order valence-electron chi connectivity index (χ2n) is 6.50. The highest BCUT2D eigenvalue weighted by atomic mass is 16.5. The quantitative estimate of drug-likeness (QED) is 0.578. The molecule has 3 N–H and O–H groups in total. The molecule has 0 spiro atoms. The van der Waals surface area contributed by atoms with Crippen molar-refractivity contribution in [1.82, 2.24) is 0 Å². The zero-order valence-electron chi connectivity index (χ0n) is 15.7. The van der Waals surface area contributed by atoms with E-state index in [2.05, 4.69) is 22.4 Å². The van der Waals surface area contributed by atoms with Gasteiger partial charge in [0, 0.05) is 18.9 Å². The summed E-state index contributed by atoms with van der Waals surface area (Å²) in [7, 11) is 1.64. The summed E-state index contributed by atoms with van der Waals surface area (Å²) in [6.45, 7) is 2.71. The summed E-state index contributed by atoms with van der Waals surface area (Å²) in [5, 5.41) is 3.08. The van der Waals surface area contributed by atoms with Crippen molar-refractivity contribution < 1.29 is 14.2 Å². The number of anilines is 1. The lowest BCUT2D eigenvalue weighted by Gasteiger charge is -2.22. The molecule has 0 amide bonds. The zero-order valence-corrected chi connectivity index (χ0v) is 15.7. The molecule has 0 radical (unpaired) electrons. The Morgan fingerprint density at radius 1 is 1.15 bits per heavy atom. The highest BCUT2D eigenvalue weighted by molar-refractivity contribution is 5.92. The number of nitrogens with zero attached hydrogens (tertiary/aromatic N) is 1. The molecule has 0 atom stereocenters. The molecule has 2 aromatic rings. The van der Waals surface area contributed by atoms with Crippen molar-refractivity contribution in [3.8, 4) is 5.75 Å². The minimum atomic E-state index is 0.296. The van der Waals surface area contributed by atoms with Crippen molar-refractivity contribution in [3.63, 3.8) is 0 Å². The maximum Gasteiger partial charge on any atom is 0.193 e. The molecule has 1 heterocycles. The lowest BCUT2D eigenvalue weighted by molar-refractivity contribution is -0.0390. The van der Waals surface area contributed by atoms with Crippen LogP contribution in [-0.4, -0.2) is 32.4 Å². The van der Waals surface area contributed by atoms with Gasteiger partial charge in [-0.05, 0) is 48.2 Å². The van der Waals surface area contributed by atoms with Crippen LogP contribution < -0.4 is 15.8 Å². The molecular formula is C21H27N3O3. The van der Waals surface area contributed by atoms with E-state index in [4.69, 9.17) is 19.9 Å². The Hall–Kier alpha value is -2.57. The second-order valence-corrected chi connectivity index (χ2v) is 6.50. The molecule has 0 unspecified atom stereocenters. The summed E-state index contributed by atoms with van der Waals surface area (Å²) in [6.07, 6.45) is 2.24. The predicted octanol–water partition coefficient (Wildman–Crippen LogP) is 3.32. The number of nitrogens with two attached hydrogens (primary N) is 1. The summed E-state index contributed by atoms with van der Waals surface area (Å²) in [4.78, 5) is 4.42. The van der Waals surface area contributed by atoms with Gasteiger partial charge in [0.05, 0.1) is 26.4 Å². The van der Waals surface area contributed by atoms with Crippen molar-refractivity contribution >= 4 is 11.6 Å². The third-order valence-electron chi connectivity index (χ3n) is 4.44. The molecule has 2 aromatic carbocycles. The van der Waals surface area contributed by atoms with Crippen LogP contribution in [0.25, 0.3) is 0 Å². The molecular weight excluding hydrogens is 342 g/mol. The van der Waals surface area contributed by atoms with E-state index in [9.17, 15) is 0 Å². The zero-order chi connectivity index (χ0) is 18.9. The number of rotatable bonds is 7. The number of nitrogens with one attached hydrogen (secondary N) is 1. The fraction of sp³-hybridized carbons (Fsp3) is 0.381. The largest absolute Gasteiger partial charge is 0.497 e. The van der Waals surface area contributed by atoms with E-state index in [0.717, 1.165) is 48.6 Å². The van der Waals surface area contributed by atoms with Gasteiger partial charge in [0.1, 0.15) is 5.75 Å². The van der Waals surface area contributed by atoms with Crippen molar-refractivity contribution in [3.05, 3.63) is 59.7 Å². The summed E-state index contributed by atoms with van der Waals surface area (Å²) in [5.41, 5.74) is 9.11. The summed E-state index contributed by atoms with van der Waals surface area (Å²) in [6, 6.07) is 15.8. The molecule has 6 heteroatoms. The molecule has 3 rings (SSSR count).